The van der Waals surface area contributed by atoms with Gasteiger partial charge >= 0.3 is 0 Å². The summed E-state index contributed by atoms with van der Waals surface area (Å²) in [5, 5.41) is 5.61. The second-order valence-corrected chi connectivity index (χ2v) is 7.23. The van der Waals surface area contributed by atoms with Crippen molar-refractivity contribution < 1.29 is 4.74 Å². The molecule has 2 nitrogen and oxygen atoms in total. The molecule has 0 aliphatic rings. The van der Waals surface area contributed by atoms with Crippen molar-refractivity contribution in [3.05, 3.63) is 40.9 Å². The van der Waals surface area contributed by atoms with Crippen LogP contribution in [0.1, 0.15) is 51.4 Å². The highest BCUT2D eigenvalue weighted by molar-refractivity contribution is 9.10. The summed E-state index contributed by atoms with van der Waals surface area (Å²) in [5.41, 5.74) is 0. The molecule has 0 radical (unpaired) electrons. The lowest BCUT2D eigenvalue weighted by atomic mass is 10.1. The van der Waals surface area contributed by atoms with E-state index in [0.29, 0.717) is 0 Å². The Kier molecular flexibility index (Phi) is 9.22. The van der Waals surface area contributed by atoms with Crippen molar-refractivity contribution in [2.45, 2.75) is 51.4 Å². The number of ether oxygens (including phenoxy) is 1. The van der Waals surface area contributed by atoms with E-state index >= 15 is 0 Å². The molecule has 0 spiro atoms. The Morgan fingerprint density at radius 1 is 0.792 bits per heavy atom. The molecule has 0 bridgehead atoms. The number of nitrogens with one attached hydrogen (secondary N) is 1. The topological polar surface area (TPSA) is 21.3 Å². The quantitative estimate of drug-likeness (QED) is 0.427. The Morgan fingerprint density at radius 3 is 2.17 bits per heavy atom. The van der Waals surface area contributed by atoms with Crippen LogP contribution < -0.4 is 10.1 Å². The van der Waals surface area contributed by atoms with Crippen LogP contribution in [0, 0.1) is 0 Å². The van der Waals surface area contributed by atoms with Gasteiger partial charge in [-0.3, -0.25) is 0 Å². The van der Waals surface area contributed by atoms with Gasteiger partial charge in [-0.2, -0.15) is 0 Å². The van der Waals surface area contributed by atoms with Gasteiger partial charge < -0.3 is 10.1 Å². The molecule has 0 amide bonds. The van der Waals surface area contributed by atoms with Gasteiger partial charge in [-0.25, -0.2) is 0 Å². The monoisotopic (exact) mass is 391 g/mol. The Labute approximate surface area is 155 Å². The molecule has 2 rings (SSSR count). The summed E-state index contributed by atoms with van der Waals surface area (Å²) in [5.74, 6) is 0.998. The minimum absolute atomic E-state index is 0.813. The van der Waals surface area contributed by atoms with Gasteiger partial charge in [-0.1, -0.05) is 78.7 Å². The molecular weight excluding hydrogens is 362 g/mol. The molecule has 1 N–H and O–H groups in total. The lowest BCUT2D eigenvalue weighted by molar-refractivity contribution is 0.307. The van der Waals surface area contributed by atoms with Crippen LogP contribution in [-0.4, -0.2) is 20.2 Å². The van der Waals surface area contributed by atoms with E-state index in [-0.39, 0.29) is 0 Å². The molecule has 0 aliphatic carbocycles. The summed E-state index contributed by atoms with van der Waals surface area (Å²) in [6, 6.07) is 12.5. The van der Waals surface area contributed by atoms with Crippen LogP contribution in [0.2, 0.25) is 0 Å². The van der Waals surface area contributed by atoms with Crippen LogP contribution in [0.15, 0.2) is 40.9 Å². The Balaban J connectivity index is 1.59. The van der Waals surface area contributed by atoms with Crippen LogP contribution in [0.3, 0.4) is 0 Å². The minimum atomic E-state index is 0.813. The molecule has 2 aromatic carbocycles. The molecule has 0 fully saturated rings. The number of benzene rings is 2. The maximum absolute atomic E-state index is 6.02. The number of unbranched alkanes of at least 4 members (excludes halogenated alkanes) is 7. The van der Waals surface area contributed by atoms with E-state index in [9.17, 15) is 0 Å². The summed E-state index contributed by atoms with van der Waals surface area (Å²) in [7, 11) is 2.03. The lowest BCUT2D eigenvalue weighted by Crippen LogP contribution is -2.06. The Hall–Kier alpha value is -1.06. The van der Waals surface area contributed by atoms with Crippen LogP contribution in [0.25, 0.3) is 10.8 Å². The number of hydrogen-bond donors (Lipinski definition) is 1. The van der Waals surface area contributed by atoms with Crippen molar-refractivity contribution in [2.75, 3.05) is 20.2 Å². The van der Waals surface area contributed by atoms with Gasteiger partial charge in [0.2, 0.25) is 0 Å². The maximum Gasteiger partial charge on any atom is 0.127 e. The number of rotatable bonds is 12. The fourth-order valence-electron chi connectivity index (χ4n) is 3.02. The maximum atomic E-state index is 6.02. The van der Waals surface area contributed by atoms with E-state index in [1.54, 1.807) is 0 Å². The molecule has 0 unspecified atom stereocenters. The fraction of sp³-hybridized carbons (Fsp3) is 0.524. The van der Waals surface area contributed by atoms with Crippen LogP contribution in [-0.2, 0) is 0 Å². The normalized spacial score (nSPS) is 11.1. The van der Waals surface area contributed by atoms with Crippen LogP contribution in [0.4, 0.5) is 0 Å². The third kappa shape index (κ3) is 6.45. The summed E-state index contributed by atoms with van der Waals surface area (Å²) in [6.45, 7) is 1.97. The van der Waals surface area contributed by atoms with Crippen LogP contribution >= 0.6 is 15.9 Å². The van der Waals surface area contributed by atoms with E-state index in [0.717, 1.165) is 29.8 Å². The molecule has 3 heteroatoms. The molecule has 0 saturated carbocycles. The van der Waals surface area contributed by atoms with Crippen molar-refractivity contribution >= 4 is 26.7 Å². The molecule has 0 heterocycles. The van der Waals surface area contributed by atoms with E-state index in [1.807, 2.05) is 7.05 Å². The Morgan fingerprint density at radius 2 is 1.42 bits per heavy atom. The van der Waals surface area contributed by atoms with E-state index in [1.165, 1.54) is 55.7 Å². The zero-order valence-electron chi connectivity index (χ0n) is 14.8. The largest absolute Gasteiger partial charge is 0.493 e. The van der Waals surface area contributed by atoms with Gasteiger partial charge in [0.15, 0.2) is 0 Å². The second kappa shape index (κ2) is 11.5. The van der Waals surface area contributed by atoms with Crippen molar-refractivity contribution in [1.82, 2.24) is 5.32 Å². The summed E-state index contributed by atoms with van der Waals surface area (Å²) < 4.78 is 7.14. The van der Waals surface area contributed by atoms with E-state index in [2.05, 4.69) is 57.6 Å². The number of hydrogen-bond acceptors (Lipinski definition) is 2. The van der Waals surface area contributed by atoms with Gasteiger partial charge in [-0.05, 0) is 44.0 Å². The first-order chi connectivity index (χ1) is 11.8. The van der Waals surface area contributed by atoms with Gasteiger partial charge in [0.1, 0.15) is 5.75 Å². The average molecular weight is 392 g/mol. The summed E-state index contributed by atoms with van der Waals surface area (Å²) in [6.07, 6.45) is 10.5. The number of fused-ring (bicyclic) bond motifs is 1. The zero-order valence-corrected chi connectivity index (χ0v) is 16.4. The van der Waals surface area contributed by atoms with E-state index in [4.69, 9.17) is 4.74 Å². The van der Waals surface area contributed by atoms with Gasteiger partial charge in [-0.15, -0.1) is 0 Å². The average Bonchev–Trinajstić information content (AvgIpc) is 2.60. The van der Waals surface area contributed by atoms with Crippen molar-refractivity contribution in [3.8, 4) is 5.75 Å². The van der Waals surface area contributed by atoms with Crippen molar-refractivity contribution in [3.63, 3.8) is 0 Å². The van der Waals surface area contributed by atoms with Gasteiger partial charge in [0, 0.05) is 9.86 Å². The molecule has 2 aromatic rings. The van der Waals surface area contributed by atoms with Gasteiger partial charge in [0.25, 0.3) is 0 Å². The molecule has 0 saturated heterocycles. The second-order valence-electron chi connectivity index (χ2n) is 6.37. The molecule has 24 heavy (non-hydrogen) atoms. The summed E-state index contributed by atoms with van der Waals surface area (Å²) in [4.78, 5) is 0. The SMILES string of the molecule is CNCCCCCCCCCCOc1cccc2c(Br)cccc12. The highest BCUT2D eigenvalue weighted by atomic mass is 79.9. The predicted octanol–water partition coefficient (Wildman–Crippen LogP) is 6.32. The molecule has 0 aliphatic heterocycles. The first-order valence-electron chi connectivity index (χ1n) is 9.27. The fourth-order valence-corrected chi connectivity index (χ4v) is 3.51. The first-order valence-corrected chi connectivity index (χ1v) is 10.1. The summed E-state index contributed by atoms with van der Waals surface area (Å²) >= 11 is 3.61. The molecule has 0 aromatic heterocycles. The smallest absolute Gasteiger partial charge is 0.127 e. The third-order valence-electron chi connectivity index (χ3n) is 4.41. The Bertz CT molecular complexity index is 599. The number of halogens is 1. The zero-order chi connectivity index (χ0) is 17.0. The molecular formula is C21H30BrNO. The van der Waals surface area contributed by atoms with E-state index < -0.39 is 0 Å². The van der Waals surface area contributed by atoms with Crippen molar-refractivity contribution in [2.24, 2.45) is 0 Å². The first kappa shape index (κ1) is 19.3. The van der Waals surface area contributed by atoms with Gasteiger partial charge in [0.05, 0.1) is 6.61 Å². The molecule has 132 valence electrons. The minimum Gasteiger partial charge on any atom is -0.493 e. The van der Waals surface area contributed by atoms with Crippen molar-refractivity contribution in [1.29, 1.82) is 0 Å². The highest BCUT2D eigenvalue weighted by Gasteiger charge is 2.04. The van der Waals surface area contributed by atoms with Crippen LogP contribution in [0.5, 0.6) is 5.75 Å². The third-order valence-corrected chi connectivity index (χ3v) is 5.10. The highest BCUT2D eigenvalue weighted by Crippen LogP contribution is 2.30. The standard InChI is InChI=1S/C21H30BrNO/c1-23-16-8-6-4-2-3-5-7-9-17-24-21-15-11-12-18-19(21)13-10-14-20(18)22/h10-15,23H,2-9,16-17H2,1H3. The molecule has 0 atom stereocenters. The predicted molar refractivity (Wildman–Crippen MR) is 108 cm³/mol. The lowest BCUT2D eigenvalue weighted by Gasteiger charge is -2.10.